The van der Waals surface area contributed by atoms with E-state index in [4.69, 9.17) is 23.2 Å². The van der Waals surface area contributed by atoms with Gasteiger partial charge in [0.25, 0.3) is 0 Å². The molecular weight excluding hydrogens is 909 g/mol. The monoisotopic (exact) mass is 940 g/mol. The molecule has 0 unspecified atom stereocenters. The van der Waals surface area contributed by atoms with Crippen LogP contribution in [0.3, 0.4) is 0 Å². The van der Waals surface area contributed by atoms with Gasteiger partial charge in [-0.05, 0) is 71.8 Å². The van der Waals surface area contributed by atoms with Crippen molar-refractivity contribution in [3.63, 3.8) is 0 Å². The van der Waals surface area contributed by atoms with Crippen LogP contribution in [0.15, 0.2) is 125 Å². The van der Waals surface area contributed by atoms with Crippen LogP contribution < -0.4 is 92.8 Å². The summed E-state index contributed by atoms with van der Waals surface area (Å²) in [6, 6.07) is 20.6. The maximum absolute atomic E-state index is 12.5. The molecule has 0 aliphatic rings. The molecule has 312 valence electrons. The predicted molar refractivity (Wildman–Crippen MR) is 216 cm³/mol. The number of nitrogens with one attached hydrogen (secondary N) is 6. The Kier molecular flexibility index (Phi) is 18.6. The molecule has 0 amide bonds. The molecule has 0 saturated heterocycles. The maximum atomic E-state index is 12.5. The fourth-order valence-corrected chi connectivity index (χ4v) is 7.00. The molecule has 62 heavy (non-hydrogen) atoms. The molecule has 0 bridgehead atoms. The molecule has 0 aliphatic heterocycles. The first-order valence-corrected chi connectivity index (χ1v) is 20.9. The first-order valence-electron chi connectivity index (χ1n) is 17.3. The quantitative estimate of drug-likeness (QED) is 0.0336. The fraction of sp³-hybridized carbons (Fsp3) is 0.111. The third kappa shape index (κ3) is 14.7. The number of aliphatic hydroxyl groups excluding tert-OH is 2. The predicted octanol–water partition coefficient (Wildman–Crippen LogP) is -4.34. The summed E-state index contributed by atoms with van der Waals surface area (Å²) in [7, 11) is -10.3. The number of hydrogen-bond acceptors (Lipinski definition) is 14. The number of halogens is 2. The van der Waals surface area contributed by atoms with Crippen LogP contribution in [0.5, 0.6) is 0 Å². The Labute approximate surface area is 405 Å². The zero-order valence-corrected chi connectivity index (χ0v) is 39.8. The van der Waals surface area contributed by atoms with E-state index in [0.717, 1.165) is 24.3 Å². The molecule has 6 rings (SSSR count). The van der Waals surface area contributed by atoms with Crippen molar-refractivity contribution in [1.29, 1.82) is 0 Å². The summed E-state index contributed by atoms with van der Waals surface area (Å²) in [5.74, 6) is 0. The number of aromatic amines is 6. The SMILES string of the molecule is O=S(=O)([O-])c1cc(N=c2[nH]c(=NCCO)[nH]c(=Nc3cccc(Cl)c3)[nH]2)ccc1/C=C/c1ccc(N=c2[nH]c(=NCCO)[nH]c(=Nc3cccc(Cl)c3)[nH]2)cc1S(=O)(=O)[O-].[Na+].[Na+]. The van der Waals surface area contributed by atoms with Crippen LogP contribution in [0.1, 0.15) is 11.1 Å². The van der Waals surface area contributed by atoms with Crippen molar-refractivity contribution >= 4 is 78.3 Å². The molecule has 0 spiro atoms. The number of benzene rings is 4. The van der Waals surface area contributed by atoms with Gasteiger partial charge in [0.05, 0.1) is 58.8 Å². The number of aromatic nitrogens is 6. The summed E-state index contributed by atoms with van der Waals surface area (Å²) in [6.07, 6.45) is 2.32. The number of rotatable bonds is 12. The van der Waals surface area contributed by atoms with Crippen LogP contribution in [0.2, 0.25) is 10.0 Å². The minimum atomic E-state index is -5.15. The Hall–Kier alpha value is -4.24. The van der Waals surface area contributed by atoms with Crippen molar-refractivity contribution < 1.29 is 95.3 Å². The van der Waals surface area contributed by atoms with Crippen LogP contribution in [0.25, 0.3) is 12.2 Å². The van der Waals surface area contributed by atoms with Crippen molar-refractivity contribution in [2.24, 2.45) is 30.0 Å². The molecule has 6 aromatic rings. The van der Waals surface area contributed by atoms with Crippen LogP contribution >= 0.6 is 23.2 Å². The average Bonchev–Trinajstić information content (AvgIpc) is 3.18. The summed E-state index contributed by atoms with van der Waals surface area (Å²) >= 11 is 12.2. The van der Waals surface area contributed by atoms with Gasteiger partial charge in [0.1, 0.15) is 20.2 Å². The molecule has 2 aromatic heterocycles. The molecule has 0 fully saturated rings. The smallest absolute Gasteiger partial charge is 0.744 e. The Balaban J connectivity index is 0.00000422. The van der Waals surface area contributed by atoms with Crippen molar-refractivity contribution in [1.82, 2.24) is 29.9 Å². The maximum Gasteiger partial charge on any atom is 1.00 e. The second kappa shape index (κ2) is 22.9. The van der Waals surface area contributed by atoms with Crippen molar-refractivity contribution in [2.75, 3.05) is 26.3 Å². The van der Waals surface area contributed by atoms with Crippen LogP contribution in [-0.2, 0) is 20.2 Å². The topological polar surface area (TPSA) is 324 Å². The molecule has 4 aromatic carbocycles. The molecule has 8 N–H and O–H groups in total. The third-order valence-electron chi connectivity index (χ3n) is 7.72. The molecule has 20 nitrogen and oxygen atoms in total. The van der Waals surface area contributed by atoms with E-state index in [1.807, 2.05) is 0 Å². The first-order chi connectivity index (χ1) is 28.6. The van der Waals surface area contributed by atoms with Gasteiger partial charge in [-0.2, -0.15) is 0 Å². The van der Waals surface area contributed by atoms with Gasteiger partial charge >= 0.3 is 59.1 Å². The van der Waals surface area contributed by atoms with E-state index in [0.29, 0.717) is 21.4 Å². The summed E-state index contributed by atoms with van der Waals surface area (Å²) < 4.78 is 74.9. The molecule has 0 atom stereocenters. The molecular formula is C36H32Cl2N12Na2O8S2. The van der Waals surface area contributed by atoms with Gasteiger partial charge < -0.3 is 19.3 Å². The van der Waals surface area contributed by atoms with Gasteiger partial charge in [0.15, 0.2) is 0 Å². The minimum absolute atomic E-state index is 0. The van der Waals surface area contributed by atoms with Gasteiger partial charge in [-0.3, -0.25) is 39.9 Å². The third-order valence-corrected chi connectivity index (χ3v) is 9.97. The number of aliphatic hydroxyl groups is 2. The molecule has 26 heteroatoms. The van der Waals surface area contributed by atoms with Gasteiger partial charge in [-0.25, -0.2) is 36.8 Å². The van der Waals surface area contributed by atoms with Crippen molar-refractivity contribution in [2.45, 2.75) is 9.79 Å². The van der Waals surface area contributed by atoms with Gasteiger partial charge in [-0.1, -0.05) is 59.6 Å². The first kappa shape index (κ1) is 50.4. The summed E-state index contributed by atoms with van der Waals surface area (Å²) in [4.78, 5) is 41.8. The van der Waals surface area contributed by atoms with Crippen LogP contribution in [-0.4, -0.2) is 92.4 Å². The van der Waals surface area contributed by atoms with E-state index in [1.54, 1.807) is 48.5 Å². The molecule has 0 aliphatic carbocycles. The van der Waals surface area contributed by atoms with E-state index >= 15 is 0 Å². The van der Waals surface area contributed by atoms with Crippen LogP contribution in [0.4, 0.5) is 22.7 Å². The van der Waals surface area contributed by atoms with Crippen molar-refractivity contribution in [3.05, 3.63) is 140 Å². The summed E-state index contributed by atoms with van der Waals surface area (Å²) in [5.41, 5.74) is 1.28. The Morgan fingerprint density at radius 3 is 1.13 bits per heavy atom. The second-order valence-corrected chi connectivity index (χ2v) is 15.7. The standard InChI is InChI=1S/C36H34Cl2N12O8S2.2Na/c37-23-3-1-5-25(17-23)41-33-45-31(39-13-15-51)47-35(49-33)43-27-11-9-21(29(19-27)59(53,54)55)7-8-22-10-12-28(20-30(22)60(56,57)58)44-36-48-32(40-14-16-52)46-34(50-36)42-26-6-2-4-24(38)18-26;;/h1-12,17-20,51-52H,13-16H2,(H,53,54,55)(H,56,57,58)(H3,39,41,43,45,47,49)(H3,40,42,44,46,48,50);;/q;2*+1/p-2/b8-7+;;. The normalized spacial score (nSPS) is 13.8. The number of hydrogen-bond donors (Lipinski definition) is 8. The summed E-state index contributed by atoms with van der Waals surface area (Å²) in [6.45, 7) is -0.467. The van der Waals surface area contributed by atoms with E-state index in [2.05, 4.69) is 59.9 Å². The number of H-pyrrole nitrogens is 6. The van der Waals surface area contributed by atoms with Gasteiger partial charge in [-0.15, -0.1) is 0 Å². The van der Waals surface area contributed by atoms with E-state index in [1.165, 1.54) is 24.3 Å². The Morgan fingerprint density at radius 1 is 0.500 bits per heavy atom. The molecule has 0 saturated carbocycles. The average molecular weight is 942 g/mol. The molecule has 2 heterocycles. The zero-order chi connectivity index (χ0) is 42.9. The van der Waals surface area contributed by atoms with E-state index in [9.17, 15) is 36.2 Å². The zero-order valence-electron chi connectivity index (χ0n) is 32.7. The van der Waals surface area contributed by atoms with Gasteiger partial charge in [0, 0.05) is 10.0 Å². The second-order valence-electron chi connectivity index (χ2n) is 12.1. The fourth-order valence-electron chi connectivity index (χ4n) is 5.25. The Bertz CT molecular complexity index is 3050. The largest absolute Gasteiger partial charge is 1.00 e. The Morgan fingerprint density at radius 2 is 0.823 bits per heavy atom. The van der Waals surface area contributed by atoms with Gasteiger partial charge in [0.2, 0.25) is 33.7 Å². The minimum Gasteiger partial charge on any atom is -0.744 e. The van der Waals surface area contributed by atoms with Crippen LogP contribution in [0, 0.1) is 0 Å². The van der Waals surface area contributed by atoms with E-state index < -0.39 is 30.0 Å². The number of nitrogens with zero attached hydrogens (tertiary/aromatic N) is 6. The van der Waals surface area contributed by atoms with Crippen molar-refractivity contribution in [3.8, 4) is 0 Å². The van der Waals surface area contributed by atoms with E-state index in [-0.39, 0.29) is 142 Å². The molecule has 0 radical (unpaired) electrons. The summed E-state index contributed by atoms with van der Waals surface area (Å²) in [5, 5.41) is 19.4.